The van der Waals surface area contributed by atoms with Gasteiger partial charge in [0.1, 0.15) is 0 Å². The molecule has 0 saturated heterocycles. The maximum Gasteiger partial charge on any atom is 0.0755 e. The van der Waals surface area contributed by atoms with Crippen molar-refractivity contribution < 1.29 is 0 Å². The molecule has 3 nitrogen and oxygen atoms in total. The van der Waals surface area contributed by atoms with Gasteiger partial charge in [-0.15, -0.1) is 0 Å². The Bertz CT molecular complexity index is 5170. The van der Waals surface area contributed by atoms with E-state index in [9.17, 15) is 0 Å². The zero-order chi connectivity index (χ0) is 54.1. The fourth-order valence-corrected chi connectivity index (χ4v) is 16.2. The summed E-state index contributed by atoms with van der Waals surface area (Å²) in [6, 6.07) is 112. The van der Waals surface area contributed by atoms with E-state index in [0.717, 1.165) is 28.3 Å². The molecule has 19 rings (SSSR count). The number of anilines is 3. The van der Waals surface area contributed by atoms with Crippen molar-refractivity contribution in [3.05, 3.63) is 342 Å². The summed E-state index contributed by atoms with van der Waals surface area (Å²) in [5.74, 6) is 0. The molecule has 384 valence electrons. The van der Waals surface area contributed by atoms with Crippen LogP contribution >= 0.6 is 0 Å². The molecule has 0 saturated carbocycles. The molecule has 83 heavy (non-hydrogen) atoms. The minimum atomic E-state index is -0.607. The Morgan fingerprint density at radius 2 is 0.687 bits per heavy atom. The molecule has 0 radical (unpaired) electrons. The van der Waals surface area contributed by atoms with E-state index in [0.29, 0.717) is 0 Å². The van der Waals surface area contributed by atoms with Gasteiger partial charge in [0.2, 0.25) is 0 Å². The molecule has 15 aromatic rings. The molecule has 0 fully saturated rings. The summed E-state index contributed by atoms with van der Waals surface area (Å²) in [6.07, 6.45) is 0. The first-order valence-corrected chi connectivity index (χ1v) is 29.0. The Balaban J connectivity index is 0.844. The molecule has 0 bridgehead atoms. The average molecular weight is 1050 g/mol. The van der Waals surface area contributed by atoms with E-state index < -0.39 is 10.8 Å². The van der Waals surface area contributed by atoms with Gasteiger partial charge >= 0.3 is 0 Å². The Hall–Kier alpha value is -10.7. The predicted octanol–water partition coefficient (Wildman–Crippen LogP) is 20.0. The van der Waals surface area contributed by atoms with Crippen LogP contribution in [0.4, 0.5) is 17.1 Å². The Labute approximate surface area is 480 Å². The molecule has 3 heterocycles. The van der Waals surface area contributed by atoms with Crippen LogP contribution in [-0.2, 0) is 10.8 Å². The Kier molecular flexibility index (Phi) is 8.92. The van der Waals surface area contributed by atoms with Gasteiger partial charge in [-0.05, 0) is 150 Å². The first-order valence-electron chi connectivity index (χ1n) is 29.0. The number of fused-ring (bicyclic) bond motifs is 25. The van der Waals surface area contributed by atoms with Crippen LogP contribution in [0.1, 0.15) is 44.5 Å². The zero-order valence-electron chi connectivity index (χ0n) is 45.1. The molecule has 2 spiro atoms. The Morgan fingerprint density at radius 3 is 1.31 bits per heavy atom. The van der Waals surface area contributed by atoms with E-state index >= 15 is 0 Å². The zero-order valence-corrected chi connectivity index (χ0v) is 45.1. The Morgan fingerprint density at radius 1 is 0.265 bits per heavy atom. The van der Waals surface area contributed by atoms with Crippen molar-refractivity contribution in [2.75, 3.05) is 4.90 Å². The molecule has 4 aliphatic rings. The molecule has 3 heteroatoms. The lowest BCUT2D eigenvalue weighted by Gasteiger charge is -2.39. The van der Waals surface area contributed by atoms with Gasteiger partial charge in [-0.2, -0.15) is 0 Å². The average Bonchev–Trinajstić information content (AvgIpc) is 2.37. The molecular formula is C80H49N3. The van der Waals surface area contributed by atoms with Crippen LogP contribution in [0.15, 0.2) is 297 Å². The van der Waals surface area contributed by atoms with E-state index in [4.69, 9.17) is 0 Å². The lowest BCUT2D eigenvalue weighted by Crippen LogP contribution is -2.33. The standard InChI is InChI=1S/C80H49N3/c1-8-27-64-55(19-1)56-20-2-9-28-65(56)79(64)66-29-10-3-21-57(66)58-48-47-54(49-71(58)79)81(52-43-39-50(40-44-52)51-41-45-53(46-42-51)82-72-34-13-5-22-59(72)60-23-6-14-35-73(60)82)76-38-18-32-69-77(76)63-25-4-11-30-67(63)80(69)68-31-12-16-37-75(68)83-74-36-15-7-24-61(74)62-26-17-33-70(80)78(62)83/h1-49H. The number of benzene rings is 13. The van der Waals surface area contributed by atoms with Crippen LogP contribution in [0.2, 0.25) is 0 Å². The number of aromatic nitrogens is 2. The fraction of sp³-hybridized carbons (Fsp3) is 0.0250. The lowest BCUT2D eigenvalue weighted by atomic mass is 9.65. The van der Waals surface area contributed by atoms with Gasteiger partial charge in [-0.25, -0.2) is 0 Å². The first-order chi connectivity index (χ1) is 41.2. The van der Waals surface area contributed by atoms with Gasteiger partial charge in [-0.3, -0.25) is 0 Å². The van der Waals surface area contributed by atoms with Gasteiger partial charge < -0.3 is 14.0 Å². The molecule has 1 unspecified atom stereocenters. The second-order valence-corrected chi connectivity index (χ2v) is 23.0. The van der Waals surface area contributed by atoms with Crippen molar-refractivity contribution in [1.29, 1.82) is 0 Å². The molecule has 3 aliphatic carbocycles. The van der Waals surface area contributed by atoms with Crippen molar-refractivity contribution in [2.24, 2.45) is 0 Å². The summed E-state index contributed by atoms with van der Waals surface area (Å²) in [7, 11) is 0. The fourth-order valence-electron chi connectivity index (χ4n) is 16.2. The normalized spacial score (nSPS) is 15.1. The van der Waals surface area contributed by atoms with E-state index in [1.807, 2.05) is 0 Å². The summed E-state index contributed by atoms with van der Waals surface area (Å²) in [4.78, 5) is 2.57. The highest BCUT2D eigenvalue weighted by Crippen LogP contribution is 2.66. The molecule has 1 aliphatic heterocycles. The second-order valence-electron chi connectivity index (χ2n) is 23.0. The third-order valence-corrected chi connectivity index (χ3v) is 19.3. The lowest BCUT2D eigenvalue weighted by molar-refractivity contribution is 0.748. The SMILES string of the molecule is c1ccc2c(c1)-c1ccccc1C21c2ccccc2-c2ccc(N(c3ccc(-c4ccc(-n5c6ccccc6c6ccccc65)cc4)cc3)c3cccc4c3-c3ccccc3C43c4ccccc4-n4c5ccccc5c5cccc3c54)cc21. The molecule has 0 N–H and O–H groups in total. The van der Waals surface area contributed by atoms with Crippen LogP contribution in [0.25, 0.3) is 99.5 Å². The number of hydrogen-bond donors (Lipinski definition) is 0. The molecule has 2 aromatic heterocycles. The smallest absolute Gasteiger partial charge is 0.0755 e. The van der Waals surface area contributed by atoms with Crippen LogP contribution in [0.3, 0.4) is 0 Å². The maximum absolute atomic E-state index is 2.57. The van der Waals surface area contributed by atoms with Crippen molar-refractivity contribution in [1.82, 2.24) is 9.13 Å². The van der Waals surface area contributed by atoms with Gasteiger partial charge in [0.25, 0.3) is 0 Å². The summed E-state index contributed by atoms with van der Waals surface area (Å²) < 4.78 is 4.93. The topological polar surface area (TPSA) is 13.1 Å². The predicted molar refractivity (Wildman–Crippen MR) is 342 cm³/mol. The van der Waals surface area contributed by atoms with Gasteiger partial charge in [0, 0.05) is 44.2 Å². The van der Waals surface area contributed by atoms with E-state index in [1.165, 1.54) is 133 Å². The van der Waals surface area contributed by atoms with Crippen LogP contribution in [0, 0.1) is 0 Å². The third kappa shape index (κ3) is 5.64. The van der Waals surface area contributed by atoms with Crippen molar-refractivity contribution >= 4 is 60.7 Å². The monoisotopic (exact) mass is 1050 g/mol. The number of para-hydroxylation sites is 5. The van der Waals surface area contributed by atoms with Crippen molar-refractivity contribution in [3.63, 3.8) is 0 Å². The highest BCUT2D eigenvalue weighted by molar-refractivity contribution is 6.14. The first kappa shape index (κ1) is 45.0. The molecular weight excluding hydrogens is 1000 g/mol. The van der Waals surface area contributed by atoms with Crippen molar-refractivity contribution in [3.8, 4) is 55.9 Å². The summed E-state index contributed by atoms with van der Waals surface area (Å²) in [5, 5.41) is 5.08. The minimum Gasteiger partial charge on any atom is -0.310 e. The highest BCUT2D eigenvalue weighted by atomic mass is 15.1. The van der Waals surface area contributed by atoms with Gasteiger partial charge in [0.15, 0.2) is 0 Å². The minimum absolute atomic E-state index is 0.506. The second kappa shape index (κ2) is 16.4. The highest BCUT2D eigenvalue weighted by Gasteiger charge is 2.54. The summed E-state index contributed by atoms with van der Waals surface area (Å²) >= 11 is 0. The molecule has 1 atom stereocenters. The van der Waals surface area contributed by atoms with E-state index in [2.05, 4.69) is 311 Å². The van der Waals surface area contributed by atoms with Crippen LogP contribution in [0.5, 0.6) is 0 Å². The van der Waals surface area contributed by atoms with Gasteiger partial charge in [0.05, 0.1) is 44.3 Å². The van der Waals surface area contributed by atoms with Crippen LogP contribution in [-0.4, -0.2) is 9.13 Å². The third-order valence-electron chi connectivity index (χ3n) is 19.3. The number of nitrogens with zero attached hydrogens (tertiary/aromatic N) is 3. The van der Waals surface area contributed by atoms with Crippen LogP contribution < -0.4 is 4.90 Å². The van der Waals surface area contributed by atoms with E-state index in [-0.39, 0.29) is 0 Å². The van der Waals surface area contributed by atoms with Gasteiger partial charge in [-0.1, -0.05) is 231 Å². The quantitative estimate of drug-likeness (QED) is 0.167. The van der Waals surface area contributed by atoms with E-state index in [1.54, 1.807) is 0 Å². The van der Waals surface area contributed by atoms with Crippen molar-refractivity contribution in [2.45, 2.75) is 10.8 Å². The maximum atomic E-state index is 2.57. The summed E-state index contributed by atoms with van der Waals surface area (Å²) in [6.45, 7) is 0. The largest absolute Gasteiger partial charge is 0.310 e. The number of hydrogen-bond acceptors (Lipinski definition) is 1. The molecule has 0 amide bonds. The summed E-state index contributed by atoms with van der Waals surface area (Å²) in [5.41, 5.74) is 30.1. The number of rotatable bonds is 5. The molecule has 13 aromatic carbocycles.